The van der Waals surface area contributed by atoms with E-state index in [-0.39, 0.29) is 30.4 Å². The minimum atomic E-state index is -0.295. The smallest absolute Gasteiger partial charge is 0.256 e. The van der Waals surface area contributed by atoms with Crippen molar-refractivity contribution in [2.24, 2.45) is 12.8 Å². The van der Waals surface area contributed by atoms with E-state index in [0.717, 1.165) is 28.1 Å². The maximum absolute atomic E-state index is 13.6. The summed E-state index contributed by atoms with van der Waals surface area (Å²) >= 11 is 0. The number of ether oxygens (including phenoxy) is 1. The van der Waals surface area contributed by atoms with E-state index in [1.54, 1.807) is 28.0 Å². The third kappa shape index (κ3) is 4.42. The van der Waals surface area contributed by atoms with E-state index in [1.807, 2.05) is 33.0 Å². The Balaban J connectivity index is 1.58. The molecule has 0 fully saturated rings. The molecule has 0 spiro atoms. The van der Waals surface area contributed by atoms with Crippen LogP contribution in [0.25, 0.3) is 11.4 Å². The number of fused-ring (bicyclic) bond motifs is 1. The second kappa shape index (κ2) is 9.18. The molecule has 0 aliphatic carbocycles. The highest BCUT2D eigenvalue weighted by atomic mass is 19.1. The van der Waals surface area contributed by atoms with Gasteiger partial charge in [-0.2, -0.15) is 5.10 Å². The summed E-state index contributed by atoms with van der Waals surface area (Å²) < 4.78 is 21.1. The third-order valence-electron chi connectivity index (χ3n) is 5.72. The number of hydrogen-bond donors (Lipinski definition) is 1. The van der Waals surface area contributed by atoms with Gasteiger partial charge in [0.15, 0.2) is 0 Å². The fraction of sp³-hybridized carbons (Fsp3) is 0.375. The Bertz CT molecular complexity index is 1130. The van der Waals surface area contributed by atoms with Crippen molar-refractivity contribution < 1.29 is 13.9 Å². The number of carbonyl (C=O) groups is 1. The van der Waals surface area contributed by atoms with Crippen LogP contribution in [0.3, 0.4) is 0 Å². The number of pyridine rings is 1. The van der Waals surface area contributed by atoms with Crippen LogP contribution in [-0.2, 0) is 31.4 Å². The lowest BCUT2D eigenvalue weighted by molar-refractivity contribution is 0.0659. The highest BCUT2D eigenvalue weighted by molar-refractivity contribution is 5.98. The van der Waals surface area contributed by atoms with Gasteiger partial charge in [-0.05, 0) is 49.6 Å². The van der Waals surface area contributed by atoms with Gasteiger partial charge in [-0.15, -0.1) is 0 Å². The van der Waals surface area contributed by atoms with Gasteiger partial charge in [0.2, 0.25) is 0 Å². The molecule has 1 amide bonds. The van der Waals surface area contributed by atoms with Crippen LogP contribution >= 0.6 is 0 Å². The number of halogens is 1. The normalized spacial score (nSPS) is 14.3. The molecule has 0 radical (unpaired) electrons. The van der Waals surface area contributed by atoms with E-state index in [4.69, 9.17) is 10.5 Å². The molecule has 0 saturated carbocycles. The number of carbonyl (C=O) groups excluding carboxylic acids is 1. The molecule has 1 aliphatic rings. The van der Waals surface area contributed by atoms with Crippen molar-refractivity contribution in [2.75, 3.05) is 6.54 Å². The number of aromatic nitrogens is 3. The van der Waals surface area contributed by atoms with Crippen molar-refractivity contribution in [1.29, 1.82) is 0 Å². The maximum atomic E-state index is 13.6. The zero-order chi connectivity index (χ0) is 22.8. The van der Waals surface area contributed by atoms with E-state index < -0.39 is 0 Å². The van der Waals surface area contributed by atoms with Crippen LogP contribution < -0.4 is 5.73 Å². The number of aryl methyl sites for hydroxylation is 1. The summed E-state index contributed by atoms with van der Waals surface area (Å²) in [6, 6.07) is 8.13. The van der Waals surface area contributed by atoms with E-state index in [9.17, 15) is 9.18 Å². The molecule has 2 aromatic heterocycles. The first kappa shape index (κ1) is 22.1. The SMILES string of the molecule is CC(C)OCc1cnn(C)c1-c1cc2c(cn1)C(=O)N([C@H](CN)Cc1cccc(F)c1)C2. The van der Waals surface area contributed by atoms with Gasteiger partial charge < -0.3 is 15.4 Å². The van der Waals surface area contributed by atoms with Gasteiger partial charge in [-0.25, -0.2) is 4.39 Å². The fourth-order valence-corrected chi connectivity index (χ4v) is 4.09. The van der Waals surface area contributed by atoms with Crippen LogP contribution in [0.5, 0.6) is 0 Å². The standard InChI is InChI=1S/C24H28FN5O2/c1-15(2)32-14-18-11-28-29(3)23(18)22-9-17-13-30(24(31)21(17)12-27-22)20(10-26)8-16-5-4-6-19(25)7-16/h4-7,9,11-12,15,20H,8,10,13-14,26H2,1-3H3/t20-/m0/s1. The molecule has 7 nitrogen and oxygen atoms in total. The number of nitrogens with two attached hydrogens (primary N) is 1. The van der Waals surface area contributed by atoms with Crippen molar-refractivity contribution in [1.82, 2.24) is 19.7 Å². The van der Waals surface area contributed by atoms with E-state index in [0.29, 0.717) is 25.1 Å². The van der Waals surface area contributed by atoms with Crippen molar-refractivity contribution in [2.45, 2.75) is 45.6 Å². The van der Waals surface area contributed by atoms with Crippen molar-refractivity contribution in [3.63, 3.8) is 0 Å². The first-order chi connectivity index (χ1) is 15.4. The fourth-order valence-electron chi connectivity index (χ4n) is 4.09. The number of amides is 1. The molecule has 3 heterocycles. The Kier molecular flexibility index (Phi) is 6.34. The molecular formula is C24H28FN5O2. The molecule has 1 atom stereocenters. The Labute approximate surface area is 187 Å². The predicted molar refractivity (Wildman–Crippen MR) is 119 cm³/mol. The summed E-state index contributed by atoms with van der Waals surface area (Å²) in [5.74, 6) is -0.393. The molecule has 2 N–H and O–H groups in total. The quantitative estimate of drug-likeness (QED) is 0.585. The Morgan fingerprint density at radius 1 is 1.25 bits per heavy atom. The molecule has 0 unspecified atom stereocenters. The molecule has 32 heavy (non-hydrogen) atoms. The summed E-state index contributed by atoms with van der Waals surface area (Å²) in [6.07, 6.45) is 4.01. The Morgan fingerprint density at radius 2 is 2.06 bits per heavy atom. The van der Waals surface area contributed by atoms with Crippen molar-refractivity contribution in [3.05, 3.63) is 70.8 Å². The Hall–Kier alpha value is -3.10. The van der Waals surface area contributed by atoms with Gasteiger partial charge in [0.05, 0.1) is 35.9 Å². The lowest BCUT2D eigenvalue weighted by Crippen LogP contribution is -2.42. The van der Waals surface area contributed by atoms with Gasteiger partial charge in [0.1, 0.15) is 5.82 Å². The molecule has 4 rings (SSSR count). The van der Waals surface area contributed by atoms with E-state index >= 15 is 0 Å². The number of rotatable bonds is 8. The predicted octanol–water partition coefficient (Wildman–Crippen LogP) is 3.07. The van der Waals surface area contributed by atoms with Crippen LogP contribution in [0.15, 0.2) is 42.7 Å². The molecule has 1 aromatic carbocycles. The Morgan fingerprint density at radius 3 is 2.78 bits per heavy atom. The zero-order valence-electron chi connectivity index (χ0n) is 18.6. The molecule has 168 valence electrons. The van der Waals surface area contributed by atoms with Crippen LogP contribution in [0.2, 0.25) is 0 Å². The summed E-state index contributed by atoms with van der Waals surface area (Å²) in [6.45, 7) is 5.14. The topological polar surface area (TPSA) is 86.3 Å². The summed E-state index contributed by atoms with van der Waals surface area (Å²) in [4.78, 5) is 19.4. The van der Waals surface area contributed by atoms with Gasteiger partial charge in [0.25, 0.3) is 5.91 Å². The highest BCUT2D eigenvalue weighted by Crippen LogP contribution is 2.30. The van der Waals surface area contributed by atoms with Crippen LogP contribution in [0.4, 0.5) is 4.39 Å². The zero-order valence-corrected chi connectivity index (χ0v) is 18.6. The van der Waals surface area contributed by atoms with Gasteiger partial charge >= 0.3 is 0 Å². The highest BCUT2D eigenvalue weighted by Gasteiger charge is 2.33. The minimum absolute atomic E-state index is 0.0979. The summed E-state index contributed by atoms with van der Waals surface area (Å²) in [5, 5.41) is 4.36. The van der Waals surface area contributed by atoms with Crippen molar-refractivity contribution in [3.8, 4) is 11.4 Å². The first-order valence-corrected chi connectivity index (χ1v) is 10.7. The average Bonchev–Trinajstić information content (AvgIpc) is 3.29. The lowest BCUT2D eigenvalue weighted by Gasteiger charge is -2.26. The molecule has 1 aliphatic heterocycles. The average molecular weight is 438 g/mol. The minimum Gasteiger partial charge on any atom is -0.374 e. The molecule has 8 heteroatoms. The monoisotopic (exact) mass is 437 g/mol. The molecule has 0 saturated heterocycles. The van der Waals surface area contributed by atoms with Crippen molar-refractivity contribution >= 4 is 5.91 Å². The van der Waals surface area contributed by atoms with Gasteiger partial charge in [0, 0.05) is 37.9 Å². The largest absolute Gasteiger partial charge is 0.374 e. The number of nitrogens with zero attached hydrogens (tertiary/aromatic N) is 4. The van der Waals surface area contributed by atoms with E-state index in [2.05, 4.69) is 10.1 Å². The van der Waals surface area contributed by atoms with Crippen LogP contribution in [0.1, 0.15) is 40.9 Å². The second-order valence-electron chi connectivity index (χ2n) is 8.39. The first-order valence-electron chi connectivity index (χ1n) is 10.7. The molecule has 3 aromatic rings. The molecular weight excluding hydrogens is 409 g/mol. The maximum Gasteiger partial charge on any atom is 0.256 e. The third-order valence-corrected chi connectivity index (χ3v) is 5.72. The summed E-state index contributed by atoms with van der Waals surface area (Å²) in [5.41, 5.74) is 10.9. The van der Waals surface area contributed by atoms with Gasteiger partial charge in [-0.1, -0.05) is 12.1 Å². The van der Waals surface area contributed by atoms with E-state index in [1.165, 1.54) is 12.1 Å². The molecule has 0 bridgehead atoms. The van der Waals surface area contributed by atoms with Gasteiger partial charge in [-0.3, -0.25) is 14.5 Å². The lowest BCUT2D eigenvalue weighted by atomic mass is 10.0. The summed E-state index contributed by atoms with van der Waals surface area (Å²) in [7, 11) is 1.87. The second-order valence-corrected chi connectivity index (χ2v) is 8.39. The number of benzene rings is 1. The van der Waals surface area contributed by atoms with Crippen LogP contribution in [0, 0.1) is 5.82 Å². The van der Waals surface area contributed by atoms with Crippen LogP contribution in [-0.4, -0.2) is 44.3 Å². The number of hydrogen-bond acceptors (Lipinski definition) is 5.